The third-order valence-corrected chi connectivity index (χ3v) is 4.13. The van der Waals surface area contributed by atoms with Crippen LogP contribution in [-0.2, 0) is 4.74 Å². The van der Waals surface area contributed by atoms with E-state index < -0.39 is 0 Å². The number of nitrogens with zero attached hydrogens (tertiary/aromatic N) is 2. The fourth-order valence-electron chi connectivity index (χ4n) is 2.76. The molecule has 0 radical (unpaired) electrons. The standard InChI is InChI=1S/C19H26N4O/c1-2-3-11-20-17-13-18(21-14-16-10-7-12-24-16)23-19(22-17)15-8-5-4-6-9-15/h4-6,8-9,13,16H,2-3,7,10-12,14H2,1H3,(H2,20,21,22,23). The van der Waals surface area contributed by atoms with Gasteiger partial charge in [-0.15, -0.1) is 0 Å². The van der Waals surface area contributed by atoms with Crippen molar-refractivity contribution in [1.29, 1.82) is 0 Å². The second kappa shape index (κ2) is 8.64. The van der Waals surface area contributed by atoms with Crippen LogP contribution in [0.15, 0.2) is 36.4 Å². The third-order valence-electron chi connectivity index (χ3n) is 4.13. The summed E-state index contributed by atoms with van der Waals surface area (Å²) in [6, 6.07) is 12.1. The van der Waals surface area contributed by atoms with Crippen molar-refractivity contribution in [2.75, 3.05) is 30.3 Å². The molecule has 1 aliphatic rings. The highest BCUT2D eigenvalue weighted by Crippen LogP contribution is 2.21. The van der Waals surface area contributed by atoms with E-state index in [1.54, 1.807) is 0 Å². The zero-order valence-corrected chi connectivity index (χ0v) is 14.3. The predicted molar refractivity (Wildman–Crippen MR) is 98.3 cm³/mol. The Bertz CT molecular complexity index is 627. The minimum Gasteiger partial charge on any atom is -0.376 e. The number of benzene rings is 1. The molecule has 1 atom stereocenters. The number of aromatic nitrogens is 2. The van der Waals surface area contributed by atoms with E-state index in [-0.39, 0.29) is 6.10 Å². The average Bonchev–Trinajstić information content (AvgIpc) is 3.14. The Morgan fingerprint density at radius 2 is 1.92 bits per heavy atom. The molecule has 3 rings (SSSR count). The molecule has 2 N–H and O–H groups in total. The number of rotatable bonds is 8. The van der Waals surface area contributed by atoms with E-state index in [1.807, 2.05) is 36.4 Å². The van der Waals surface area contributed by atoms with Gasteiger partial charge in [0.25, 0.3) is 0 Å². The maximum absolute atomic E-state index is 5.68. The quantitative estimate of drug-likeness (QED) is 0.719. The van der Waals surface area contributed by atoms with Gasteiger partial charge in [-0.1, -0.05) is 43.7 Å². The lowest BCUT2D eigenvalue weighted by molar-refractivity contribution is 0.120. The van der Waals surface area contributed by atoms with Crippen molar-refractivity contribution in [3.05, 3.63) is 36.4 Å². The van der Waals surface area contributed by atoms with Crippen LogP contribution in [0.25, 0.3) is 11.4 Å². The molecule has 1 aromatic carbocycles. The van der Waals surface area contributed by atoms with Gasteiger partial charge in [0.15, 0.2) is 5.82 Å². The van der Waals surface area contributed by atoms with Crippen molar-refractivity contribution in [3.63, 3.8) is 0 Å². The summed E-state index contributed by atoms with van der Waals surface area (Å²) in [6.07, 6.45) is 4.84. The Labute approximate surface area is 143 Å². The highest BCUT2D eigenvalue weighted by atomic mass is 16.5. The van der Waals surface area contributed by atoms with Crippen molar-refractivity contribution in [1.82, 2.24) is 9.97 Å². The second-order valence-electron chi connectivity index (χ2n) is 6.12. The number of hydrogen-bond donors (Lipinski definition) is 2. The maximum atomic E-state index is 5.68. The van der Waals surface area contributed by atoms with Crippen LogP contribution in [0, 0.1) is 0 Å². The highest BCUT2D eigenvalue weighted by molar-refractivity contribution is 5.61. The number of unbranched alkanes of at least 4 members (excludes halogenated alkanes) is 1. The van der Waals surface area contributed by atoms with E-state index >= 15 is 0 Å². The molecule has 0 aliphatic carbocycles. The molecule has 1 saturated heterocycles. The molecule has 0 spiro atoms. The monoisotopic (exact) mass is 326 g/mol. The summed E-state index contributed by atoms with van der Waals surface area (Å²) in [5.74, 6) is 2.46. The number of hydrogen-bond acceptors (Lipinski definition) is 5. The summed E-state index contributed by atoms with van der Waals surface area (Å²) >= 11 is 0. The van der Waals surface area contributed by atoms with Crippen LogP contribution in [-0.4, -0.2) is 35.8 Å². The Hall–Kier alpha value is -2.14. The first kappa shape index (κ1) is 16.7. The van der Waals surface area contributed by atoms with Gasteiger partial charge in [0.05, 0.1) is 6.10 Å². The van der Waals surface area contributed by atoms with Crippen molar-refractivity contribution in [2.24, 2.45) is 0 Å². The summed E-state index contributed by atoms with van der Waals surface area (Å²) in [4.78, 5) is 9.34. The zero-order chi connectivity index (χ0) is 16.6. The molecule has 0 amide bonds. The third kappa shape index (κ3) is 4.68. The molecule has 5 nitrogen and oxygen atoms in total. The molecule has 1 fully saturated rings. The van der Waals surface area contributed by atoms with Crippen LogP contribution in [0.2, 0.25) is 0 Å². The van der Waals surface area contributed by atoms with Gasteiger partial charge >= 0.3 is 0 Å². The van der Waals surface area contributed by atoms with E-state index in [2.05, 4.69) is 27.5 Å². The van der Waals surface area contributed by atoms with Gasteiger partial charge in [-0.25, -0.2) is 9.97 Å². The number of anilines is 2. The topological polar surface area (TPSA) is 59.1 Å². The van der Waals surface area contributed by atoms with Gasteiger partial charge in [-0.2, -0.15) is 0 Å². The summed E-state index contributed by atoms with van der Waals surface area (Å²) in [5.41, 5.74) is 1.02. The molecule has 2 aromatic rings. The average molecular weight is 326 g/mol. The highest BCUT2D eigenvalue weighted by Gasteiger charge is 2.15. The predicted octanol–water partition coefficient (Wildman–Crippen LogP) is 3.95. The van der Waals surface area contributed by atoms with Gasteiger partial charge in [-0.3, -0.25) is 0 Å². The molecule has 5 heteroatoms. The summed E-state index contributed by atoms with van der Waals surface area (Å²) in [7, 11) is 0. The number of ether oxygens (including phenoxy) is 1. The smallest absolute Gasteiger partial charge is 0.163 e. The van der Waals surface area contributed by atoms with E-state index in [0.717, 1.165) is 68.4 Å². The lowest BCUT2D eigenvalue weighted by atomic mass is 10.2. The number of nitrogens with one attached hydrogen (secondary N) is 2. The Morgan fingerprint density at radius 3 is 2.62 bits per heavy atom. The van der Waals surface area contributed by atoms with Gasteiger partial charge in [0.1, 0.15) is 11.6 Å². The first-order chi connectivity index (χ1) is 11.8. The summed E-state index contributed by atoms with van der Waals surface area (Å²) in [5, 5.41) is 6.81. The first-order valence-corrected chi connectivity index (χ1v) is 8.89. The van der Waals surface area contributed by atoms with E-state index in [4.69, 9.17) is 4.74 Å². The fraction of sp³-hybridized carbons (Fsp3) is 0.474. The van der Waals surface area contributed by atoms with E-state index in [1.165, 1.54) is 0 Å². The second-order valence-corrected chi connectivity index (χ2v) is 6.12. The van der Waals surface area contributed by atoms with Crippen LogP contribution in [0.1, 0.15) is 32.6 Å². The lowest BCUT2D eigenvalue weighted by Crippen LogP contribution is -2.19. The lowest BCUT2D eigenvalue weighted by Gasteiger charge is -2.14. The molecule has 1 unspecified atom stereocenters. The normalized spacial score (nSPS) is 17.0. The van der Waals surface area contributed by atoms with E-state index in [9.17, 15) is 0 Å². The SMILES string of the molecule is CCCCNc1cc(NCC2CCCO2)nc(-c2ccccc2)n1. The van der Waals surface area contributed by atoms with Gasteiger partial charge in [0, 0.05) is 31.3 Å². The van der Waals surface area contributed by atoms with Crippen molar-refractivity contribution in [3.8, 4) is 11.4 Å². The molecule has 128 valence electrons. The van der Waals surface area contributed by atoms with Crippen molar-refractivity contribution < 1.29 is 4.74 Å². The molecular weight excluding hydrogens is 300 g/mol. The zero-order valence-electron chi connectivity index (χ0n) is 14.3. The molecule has 2 heterocycles. The van der Waals surface area contributed by atoms with Crippen LogP contribution in [0.4, 0.5) is 11.6 Å². The minimum absolute atomic E-state index is 0.289. The minimum atomic E-state index is 0.289. The summed E-state index contributed by atoms with van der Waals surface area (Å²) < 4.78 is 5.68. The molecule has 1 aliphatic heterocycles. The maximum Gasteiger partial charge on any atom is 0.163 e. The van der Waals surface area contributed by atoms with Crippen molar-refractivity contribution in [2.45, 2.75) is 38.7 Å². The van der Waals surface area contributed by atoms with Crippen LogP contribution in [0.5, 0.6) is 0 Å². The van der Waals surface area contributed by atoms with Crippen LogP contribution in [0.3, 0.4) is 0 Å². The molecule has 0 bridgehead atoms. The molecule has 0 saturated carbocycles. The fourth-order valence-corrected chi connectivity index (χ4v) is 2.76. The first-order valence-electron chi connectivity index (χ1n) is 8.89. The van der Waals surface area contributed by atoms with Crippen molar-refractivity contribution >= 4 is 11.6 Å². The van der Waals surface area contributed by atoms with Gasteiger partial charge < -0.3 is 15.4 Å². The molecule has 1 aromatic heterocycles. The summed E-state index contributed by atoms with van der Waals surface area (Å²) in [6.45, 7) is 4.77. The van der Waals surface area contributed by atoms with Gasteiger partial charge in [0.2, 0.25) is 0 Å². The Balaban J connectivity index is 1.76. The largest absolute Gasteiger partial charge is 0.376 e. The van der Waals surface area contributed by atoms with Crippen LogP contribution >= 0.6 is 0 Å². The Morgan fingerprint density at radius 1 is 1.12 bits per heavy atom. The van der Waals surface area contributed by atoms with E-state index in [0.29, 0.717) is 0 Å². The molecular formula is C19H26N4O. The van der Waals surface area contributed by atoms with Gasteiger partial charge in [-0.05, 0) is 19.3 Å². The van der Waals surface area contributed by atoms with Crippen LogP contribution < -0.4 is 10.6 Å². The molecule has 24 heavy (non-hydrogen) atoms. The Kier molecular flexibility index (Phi) is 6.01.